The number of nitrogens with one attached hydrogen (secondary N) is 2. The van der Waals surface area contributed by atoms with Crippen molar-refractivity contribution >= 4 is 17.3 Å². The van der Waals surface area contributed by atoms with Gasteiger partial charge in [-0.1, -0.05) is 0 Å². The molecule has 17 heavy (non-hydrogen) atoms. The Morgan fingerprint density at radius 3 is 2.94 bits per heavy atom. The second-order valence-corrected chi connectivity index (χ2v) is 5.70. The molecule has 0 unspecified atom stereocenters. The van der Waals surface area contributed by atoms with E-state index in [1.807, 2.05) is 6.20 Å². The second kappa shape index (κ2) is 6.00. The lowest BCUT2D eigenvalue weighted by molar-refractivity contribution is 0.739. The van der Waals surface area contributed by atoms with Gasteiger partial charge in [-0.05, 0) is 32.6 Å². The molecule has 94 valence electrons. The molecule has 4 nitrogen and oxygen atoms in total. The van der Waals surface area contributed by atoms with Crippen LogP contribution in [0.25, 0.3) is 0 Å². The molecule has 1 aliphatic carbocycles. The molecular weight excluding hydrogens is 232 g/mol. The zero-order valence-corrected chi connectivity index (χ0v) is 11.3. The molecule has 0 spiro atoms. The lowest BCUT2D eigenvalue weighted by atomic mass is 10.4. The number of aromatic nitrogens is 1. The Balaban J connectivity index is 1.84. The van der Waals surface area contributed by atoms with E-state index in [9.17, 15) is 0 Å². The van der Waals surface area contributed by atoms with Crippen LogP contribution in [0.4, 0.5) is 0 Å². The van der Waals surface area contributed by atoms with Crippen molar-refractivity contribution in [2.45, 2.75) is 33.2 Å². The van der Waals surface area contributed by atoms with Crippen molar-refractivity contribution in [3.05, 3.63) is 16.1 Å². The van der Waals surface area contributed by atoms with Crippen molar-refractivity contribution in [1.29, 1.82) is 0 Å². The maximum atomic E-state index is 4.54. The van der Waals surface area contributed by atoms with Crippen molar-refractivity contribution in [1.82, 2.24) is 15.6 Å². The van der Waals surface area contributed by atoms with Crippen LogP contribution in [-0.4, -0.2) is 24.0 Å². The topological polar surface area (TPSA) is 49.3 Å². The number of hydrogen-bond acceptors (Lipinski definition) is 3. The van der Waals surface area contributed by atoms with Crippen LogP contribution in [0.1, 0.15) is 29.7 Å². The van der Waals surface area contributed by atoms with Crippen LogP contribution in [0.15, 0.2) is 11.2 Å². The van der Waals surface area contributed by atoms with Crippen molar-refractivity contribution in [3.63, 3.8) is 0 Å². The van der Waals surface area contributed by atoms with Gasteiger partial charge >= 0.3 is 0 Å². The smallest absolute Gasteiger partial charge is 0.191 e. The Morgan fingerprint density at radius 1 is 1.53 bits per heavy atom. The third-order valence-electron chi connectivity index (χ3n) is 2.64. The van der Waals surface area contributed by atoms with Crippen molar-refractivity contribution < 1.29 is 0 Å². The molecule has 2 N–H and O–H groups in total. The van der Waals surface area contributed by atoms with Crippen LogP contribution in [0.2, 0.25) is 0 Å². The van der Waals surface area contributed by atoms with Gasteiger partial charge in [0.05, 0.1) is 6.54 Å². The van der Waals surface area contributed by atoms with Crippen LogP contribution in [0.5, 0.6) is 0 Å². The van der Waals surface area contributed by atoms with E-state index in [1.165, 1.54) is 17.7 Å². The van der Waals surface area contributed by atoms with Gasteiger partial charge < -0.3 is 10.6 Å². The largest absolute Gasteiger partial charge is 0.357 e. The maximum Gasteiger partial charge on any atom is 0.191 e. The van der Waals surface area contributed by atoms with E-state index in [4.69, 9.17) is 0 Å². The predicted molar refractivity (Wildman–Crippen MR) is 72.4 cm³/mol. The number of guanidine groups is 1. The normalized spacial score (nSPS) is 16.0. The summed E-state index contributed by atoms with van der Waals surface area (Å²) in [6, 6.07) is 0. The van der Waals surface area contributed by atoms with Gasteiger partial charge in [-0.3, -0.25) is 0 Å². The predicted octanol–water partition coefficient (Wildman–Crippen LogP) is 1.92. The zero-order chi connectivity index (χ0) is 12.1. The summed E-state index contributed by atoms with van der Waals surface area (Å²) in [6.45, 7) is 6.76. The first-order chi connectivity index (χ1) is 8.28. The molecule has 0 aliphatic heterocycles. The minimum atomic E-state index is 0.665. The molecule has 2 rings (SSSR count). The van der Waals surface area contributed by atoms with E-state index in [0.717, 1.165) is 30.0 Å². The highest BCUT2D eigenvalue weighted by molar-refractivity contribution is 7.11. The molecule has 0 aromatic carbocycles. The maximum absolute atomic E-state index is 4.54. The van der Waals surface area contributed by atoms with Crippen LogP contribution in [0, 0.1) is 12.8 Å². The molecule has 0 atom stereocenters. The Hall–Kier alpha value is -1.10. The fourth-order valence-corrected chi connectivity index (χ4v) is 2.24. The van der Waals surface area contributed by atoms with Crippen molar-refractivity contribution in [2.24, 2.45) is 10.9 Å². The molecule has 0 amide bonds. The summed E-state index contributed by atoms with van der Waals surface area (Å²) in [5.74, 6) is 1.77. The highest BCUT2D eigenvalue weighted by atomic mass is 32.1. The third-order valence-corrected chi connectivity index (χ3v) is 3.54. The lowest BCUT2D eigenvalue weighted by Gasteiger charge is -2.09. The van der Waals surface area contributed by atoms with E-state index in [2.05, 4.69) is 34.5 Å². The van der Waals surface area contributed by atoms with Gasteiger partial charge in [-0.2, -0.15) is 0 Å². The van der Waals surface area contributed by atoms with Crippen molar-refractivity contribution in [3.8, 4) is 0 Å². The Morgan fingerprint density at radius 2 is 2.35 bits per heavy atom. The molecule has 0 radical (unpaired) electrons. The van der Waals surface area contributed by atoms with E-state index >= 15 is 0 Å². The first kappa shape index (κ1) is 12.4. The molecule has 1 fully saturated rings. The van der Waals surface area contributed by atoms with Gasteiger partial charge in [-0.25, -0.2) is 9.98 Å². The van der Waals surface area contributed by atoms with Gasteiger partial charge in [-0.15, -0.1) is 11.3 Å². The molecule has 1 aromatic rings. The minimum absolute atomic E-state index is 0.665. The average molecular weight is 252 g/mol. The SMILES string of the molecule is CCNC(=NCc1ncc(C)s1)NCC1CC1. The Kier molecular flexibility index (Phi) is 4.36. The molecule has 1 heterocycles. The van der Waals surface area contributed by atoms with E-state index < -0.39 is 0 Å². The Bertz CT molecular complexity index is 382. The summed E-state index contributed by atoms with van der Waals surface area (Å²) in [4.78, 5) is 10.1. The van der Waals surface area contributed by atoms with Gasteiger partial charge in [0, 0.05) is 24.2 Å². The molecule has 0 bridgehead atoms. The summed E-state index contributed by atoms with van der Waals surface area (Å²) >= 11 is 1.71. The minimum Gasteiger partial charge on any atom is -0.357 e. The quantitative estimate of drug-likeness (QED) is 0.622. The average Bonchev–Trinajstić information content (AvgIpc) is 3.05. The number of aliphatic imine (C=N–C) groups is 1. The zero-order valence-electron chi connectivity index (χ0n) is 10.5. The lowest BCUT2D eigenvalue weighted by Crippen LogP contribution is -2.38. The van der Waals surface area contributed by atoms with Crippen LogP contribution < -0.4 is 10.6 Å². The van der Waals surface area contributed by atoms with Crippen molar-refractivity contribution in [2.75, 3.05) is 13.1 Å². The highest BCUT2D eigenvalue weighted by Crippen LogP contribution is 2.27. The molecule has 0 saturated heterocycles. The summed E-state index contributed by atoms with van der Waals surface area (Å²) in [5, 5.41) is 7.71. The number of hydrogen-bond donors (Lipinski definition) is 2. The molecule has 1 aromatic heterocycles. The molecule has 1 aliphatic rings. The van der Waals surface area contributed by atoms with Crippen LogP contribution in [0.3, 0.4) is 0 Å². The molecule has 1 saturated carbocycles. The second-order valence-electron chi connectivity index (χ2n) is 4.38. The molecular formula is C12H20N4S. The van der Waals surface area contributed by atoms with Crippen LogP contribution in [-0.2, 0) is 6.54 Å². The van der Waals surface area contributed by atoms with E-state index in [-0.39, 0.29) is 0 Å². The van der Waals surface area contributed by atoms with Gasteiger partial charge in [0.15, 0.2) is 5.96 Å². The fraction of sp³-hybridized carbons (Fsp3) is 0.667. The summed E-state index contributed by atoms with van der Waals surface area (Å²) in [7, 11) is 0. The summed E-state index contributed by atoms with van der Waals surface area (Å²) < 4.78 is 0. The Labute approximate surface area is 107 Å². The highest BCUT2D eigenvalue weighted by Gasteiger charge is 2.20. The molecule has 5 heteroatoms. The van der Waals surface area contributed by atoms with E-state index in [1.54, 1.807) is 11.3 Å². The third kappa shape index (κ3) is 4.34. The number of nitrogens with zero attached hydrogens (tertiary/aromatic N) is 2. The summed E-state index contributed by atoms with van der Waals surface area (Å²) in [6.07, 6.45) is 4.62. The van der Waals surface area contributed by atoms with Gasteiger partial charge in [0.1, 0.15) is 5.01 Å². The number of rotatable bonds is 5. The first-order valence-corrected chi connectivity index (χ1v) is 7.03. The van der Waals surface area contributed by atoms with Gasteiger partial charge in [0.25, 0.3) is 0 Å². The standard InChI is InChI=1S/C12H20N4S/c1-3-13-12(15-7-10-4-5-10)16-8-11-14-6-9(2)17-11/h6,10H,3-5,7-8H2,1-2H3,(H2,13,15,16). The van der Waals surface area contributed by atoms with Gasteiger partial charge in [0.2, 0.25) is 0 Å². The van der Waals surface area contributed by atoms with Crippen LogP contribution >= 0.6 is 11.3 Å². The van der Waals surface area contributed by atoms with E-state index in [0.29, 0.717) is 6.54 Å². The fourth-order valence-electron chi connectivity index (χ4n) is 1.53. The number of thiazole rings is 1. The monoisotopic (exact) mass is 252 g/mol. The summed E-state index contributed by atoms with van der Waals surface area (Å²) in [5.41, 5.74) is 0. The number of aryl methyl sites for hydroxylation is 1. The first-order valence-electron chi connectivity index (χ1n) is 6.21.